The number of benzene rings is 1. The van der Waals surface area contributed by atoms with Crippen molar-refractivity contribution in [1.29, 1.82) is 0 Å². The van der Waals surface area contributed by atoms with Crippen molar-refractivity contribution < 1.29 is 0 Å². The molecule has 0 aliphatic rings. The Bertz CT molecular complexity index is 520. The second-order valence-corrected chi connectivity index (χ2v) is 4.44. The number of hydrogen-bond donors (Lipinski definition) is 2. The van der Waals surface area contributed by atoms with Crippen LogP contribution < -0.4 is 5.32 Å². The summed E-state index contributed by atoms with van der Waals surface area (Å²) in [5.74, 6) is 0.652. The lowest BCUT2D eigenvalue weighted by molar-refractivity contribution is 1.24. The second kappa shape index (κ2) is 4.36. The Kier molecular flexibility index (Phi) is 3.08. The number of imidazole rings is 1. The zero-order valence-corrected chi connectivity index (χ0v) is 10.4. The zero-order valence-electron chi connectivity index (χ0n) is 8.94. The van der Waals surface area contributed by atoms with Gasteiger partial charge >= 0.3 is 0 Å². The van der Waals surface area contributed by atoms with Gasteiger partial charge < -0.3 is 10.3 Å². The van der Waals surface area contributed by atoms with Gasteiger partial charge in [0.15, 0.2) is 0 Å². The average molecular weight is 256 g/mol. The molecule has 1 aromatic heterocycles. The molecular formula is C11H11Cl2N3. The number of aromatic nitrogens is 2. The van der Waals surface area contributed by atoms with E-state index >= 15 is 0 Å². The van der Waals surface area contributed by atoms with Gasteiger partial charge in [0.2, 0.25) is 5.95 Å². The van der Waals surface area contributed by atoms with E-state index in [2.05, 4.69) is 15.3 Å². The monoisotopic (exact) mass is 255 g/mol. The first kappa shape index (κ1) is 11.3. The second-order valence-electron chi connectivity index (χ2n) is 3.62. The van der Waals surface area contributed by atoms with Gasteiger partial charge in [-0.2, -0.15) is 0 Å². The molecule has 0 atom stereocenters. The Hall–Kier alpha value is -1.19. The minimum Gasteiger partial charge on any atom is -0.328 e. The molecule has 2 rings (SSSR count). The smallest absolute Gasteiger partial charge is 0.204 e. The Morgan fingerprint density at radius 3 is 2.56 bits per heavy atom. The van der Waals surface area contributed by atoms with Gasteiger partial charge in [0.1, 0.15) is 0 Å². The number of halogens is 2. The molecule has 1 heterocycles. The fourth-order valence-electron chi connectivity index (χ4n) is 1.35. The van der Waals surface area contributed by atoms with E-state index in [9.17, 15) is 0 Å². The summed E-state index contributed by atoms with van der Waals surface area (Å²) in [5, 5.41) is 4.38. The number of nitrogens with one attached hydrogen (secondary N) is 2. The average Bonchev–Trinajstić information content (AvgIpc) is 2.60. The molecule has 2 N–H and O–H groups in total. The van der Waals surface area contributed by atoms with Crippen molar-refractivity contribution in [2.75, 3.05) is 5.32 Å². The van der Waals surface area contributed by atoms with Crippen LogP contribution in [0.2, 0.25) is 10.0 Å². The maximum Gasteiger partial charge on any atom is 0.204 e. The number of aromatic amines is 1. The summed E-state index contributed by atoms with van der Waals surface area (Å²) in [7, 11) is 0. The Labute approximate surface area is 104 Å². The molecular weight excluding hydrogens is 245 g/mol. The van der Waals surface area contributed by atoms with Crippen LogP contribution >= 0.6 is 23.2 Å². The van der Waals surface area contributed by atoms with Crippen LogP contribution in [0.5, 0.6) is 0 Å². The summed E-state index contributed by atoms with van der Waals surface area (Å²) < 4.78 is 0. The van der Waals surface area contributed by atoms with Crippen LogP contribution in [0.15, 0.2) is 18.3 Å². The highest BCUT2D eigenvalue weighted by atomic mass is 35.5. The normalized spacial score (nSPS) is 10.5. The van der Waals surface area contributed by atoms with Crippen LogP contribution in [0.4, 0.5) is 11.6 Å². The van der Waals surface area contributed by atoms with E-state index in [4.69, 9.17) is 23.2 Å². The third-order valence-electron chi connectivity index (χ3n) is 2.20. The molecule has 0 fully saturated rings. The van der Waals surface area contributed by atoms with Crippen LogP contribution in [0, 0.1) is 13.8 Å². The number of rotatable bonds is 2. The Balaban J connectivity index is 2.31. The van der Waals surface area contributed by atoms with Crippen molar-refractivity contribution in [3.8, 4) is 0 Å². The number of H-pyrrole nitrogens is 1. The van der Waals surface area contributed by atoms with Crippen molar-refractivity contribution in [3.05, 3.63) is 39.6 Å². The lowest BCUT2D eigenvalue weighted by atomic mass is 10.2. The number of hydrogen-bond acceptors (Lipinski definition) is 2. The molecule has 0 amide bonds. The Morgan fingerprint density at radius 2 is 1.94 bits per heavy atom. The molecule has 1 aromatic carbocycles. The predicted octanol–water partition coefficient (Wildman–Crippen LogP) is 4.08. The van der Waals surface area contributed by atoms with Crippen molar-refractivity contribution in [1.82, 2.24) is 9.97 Å². The molecule has 16 heavy (non-hydrogen) atoms. The van der Waals surface area contributed by atoms with Gasteiger partial charge in [0.25, 0.3) is 0 Å². The van der Waals surface area contributed by atoms with Crippen LogP contribution in [0.1, 0.15) is 11.3 Å². The maximum atomic E-state index is 6.10. The van der Waals surface area contributed by atoms with Crippen LogP contribution in [0.3, 0.4) is 0 Å². The van der Waals surface area contributed by atoms with Crippen LogP contribution in [-0.4, -0.2) is 9.97 Å². The van der Waals surface area contributed by atoms with E-state index in [1.54, 1.807) is 12.3 Å². The molecule has 0 radical (unpaired) electrons. The van der Waals surface area contributed by atoms with Gasteiger partial charge in [-0.05, 0) is 31.5 Å². The summed E-state index contributed by atoms with van der Waals surface area (Å²) in [5.41, 5.74) is 2.68. The van der Waals surface area contributed by atoms with Gasteiger partial charge in [-0.15, -0.1) is 0 Å². The van der Waals surface area contributed by atoms with E-state index in [0.29, 0.717) is 16.0 Å². The first-order valence-electron chi connectivity index (χ1n) is 4.80. The molecule has 0 spiro atoms. The standard InChI is InChI=1S/C11H11Cl2N3/c1-6-3-9(13)10(4-8(6)12)16-11-14-5-7(2)15-11/h3-5H,1-2H3,(H2,14,15,16). The van der Waals surface area contributed by atoms with E-state index in [-0.39, 0.29) is 0 Å². The lowest BCUT2D eigenvalue weighted by Crippen LogP contribution is -1.94. The molecule has 0 aliphatic carbocycles. The van der Waals surface area contributed by atoms with E-state index < -0.39 is 0 Å². The fraction of sp³-hybridized carbons (Fsp3) is 0.182. The van der Waals surface area contributed by atoms with E-state index in [1.807, 2.05) is 19.9 Å². The predicted molar refractivity (Wildman–Crippen MR) is 67.8 cm³/mol. The lowest BCUT2D eigenvalue weighted by Gasteiger charge is -2.07. The summed E-state index contributed by atoms with van der Waals surface area (Å²) in [6, 6.07) is 3.61. The van der Waals surface area contributed by atoms with Gasteiger partial charge in [-0.3, -0.25) is 0 Å². The van der Waals surface area contributed by atoms with Gasteiger partial charge in [-0.1, -0.05) is 23.2 Å². The maximum absolute atomic E-state index is 6.10. The molecule has 0 aliphatic heterocycles. The Morgan fingerprint density at radius 1 is 1.19 bits per heavy atom. The van der Waals surface area contributed by atoms with Crippen LogP contribution in [0.25, 0.3) is 0 Å². The molecule has 0 saturated heterocycles. The number of anilines is 2. The van der Waals surface area contributed by atoms with Crippen molar-refractivity contribution in [3.63, 3.8) is 0 Å². The minimum atomic E-state index is 0.621. The topological polar surface area (TPSA) is 40.7 Å². The first-order valence-corrected chi connectivity index (χ1v) is 5.56. The quantitative estimate of drug-likeness (QED) is 0.850. The zero-order chi connectivity index (χ0) is 11.7. The van der Waals surface area contributed by atoms with Gasteiger partial charge in [0, 0.05) is 16.9 Å². The summed E-state index contributed by atoms with van der Waals surface area (Å²) in [6.07, 6.45) is 1.74. The third-order valence-corrected chi connectivity index (χ3v) is 2.92. The van der Waals surface area contributed by atoms with Gasteiger partial charge in [-0.25, -0.2) is 4.98 Å². The molecule has 0 unspecified atom stereocenters. The minimum absolute atomic E-state index is 0.621. The molecule has 5 heteroatoms. The fourth-order valence-corrected chi connectivity index (χ4v) is 1.77. The molecule has 3 nitrogen and oxygen atoms in total. The van der Waals surface area contributed by atoms with Crippen molar-refractivity contribution in [2.24, 2.45) is 0 Å². The number of nitrogens with zero attached hydrogens (tertiary/aromatic N) is 1. The highest BCUT2D eigenvalue weighted by molar-refractivity contribution is 6.35. The molecule has 84 valence electrons. The molecule has 0 saturated carbocycles. The number of aryl methyl sites for hydroxylation is 2. The summed E-state index contributed by atoms with van der Waals surface area (Å²) in [4.78, 5) is 7.20. The first-order chi connectivity index (χ1) is 7.56. The SMILES string of the molecule is Cc1cnc(Nc2cc(Cl)c(C)cc2Cl)[nH]1. The highest BCUT2D eigenvalue weighted by Crippen LogP contribution is 2.30. The van der Waals surface area contributed by atoms with E-state index in [0.717, 1.165) is 16.9 Å². The summed E-state index contributed by atoms with van der Waals surface area (Å²) in [6.45, 7) is 3.84. The third kappa shape index (κ3) is 2.31. The highest BCUT2D eigenvalue weighted by Gasteiger charge is 2.06. The largest absolute Gasteiger partial charge is 0.328 e. The molecule has 0 bridgehead atoms. The van der Waals surface area contributed by atoms with E-state index in [1.165, 1.54) is 0 Å². The van der Waals surface area contributed by atoms with Gasteiger partial charge in [0.05, 0.1) is 10.7 Å². The van der Waals surface area contributed by atoms with Crippen molar-refractivity contribution in [2.45, 2.75) is 13.8 Å². The van der Waals surface area contributed by atoms with Crippen LogP contribution in [-0.2, 0) is 0 Å². The molecule has 2 aromatic rings. The van der Waals surface area contributed by atoms with Crippen molar-refractivity contribution >= 4 is 34.8 Å². The summed E-state index contributed by atoms with van der Waals surface area (Å²) >= 11 is 12.1.